The van der Waals surface area contributed by atoms with Crippen LogP contribution in [0.2, 0.25) is 0 Å². The molecule has 1 heterocycles. The van der Waals surface area contributed by atoms with Crippen molar-refractivity contribution in [3.63, 3.8) is 0 Å². The topological polar surface area (TPSA) is 46.5 Å². The van der Waals surface area contributed by atoms with Crippen molar-refractivity contribution in [3.05, 3.63) is 71.1 Å². The summed E-state index contributed by atoms with van der Waals surface area (Å²) in [5.74, 6) is 0. The van der Waals surface area contributed by atoms with Crippen LogP contribution in [0.5, 0.6) is 0 Å². The molecule has 0 unspecified atom stereocenters. The fraction of sp³-hybridized carbons (Fsp3) is 0.304. The Hall–Kier alpha value is -2.50. The summed E-state index contributed by atoms with van der Waals surface area (Å²) >= 11 is 1.55. The quantitative estimate of drug-likeness (QED) is 0.391. The molecule has 4 nitrogen and oxygen atoms in total. The molecular weight excluding hydrogens is 366 g/mol. The molecule has 1 N–H and O–H groups in total. The van der Waals surface area contributed by atoms with Gasteiger partial charge < -0.3 is 4.74 Å². The number of aromatic nitrogens is 1. The van der Waals surface area contributed by atoms with Crippen molar-refractivity contribution in [2.45, 2.75) is 44.8 Å². The van der Waals surface area contributed by atoms with Gasteiger partial charge in [-0.3, -0.25) is 5.43 Å². The zero-order valence-electron chi connectivity index (χ0n) is 15.9. The van der Waals surface area contributed by atoms with Crippen LogP contribution in [0.4, 0.5) is 5.13 Å². The van der Waals surface area contributed by atoms with Gasteiger partial charge in [-0.1, -0.05) is 73.9 Å². The maximum atomic E-state index is 6.13. The van der Waals surface area contributed by atoms with Crippen LogP contribution >= 0.6 is 11.3 Å². The summed E-state index contributed by atoms with van der Waals surface area (Å²) in [6, 6.07) is 18.4. The molecule has 28 heavy (non-hydrogen) atoms. The molecule has 0 amide bonds. The molecule has 1 saturated carbocycles. The largest absolute Gasteiger partial charge is 0.374 e. The molecule has 5 heteroatoms. The minimum Gasteiger partial charge on any atom is -0.374 e. The van der Waals surface area contributed by atoms with E-state index in [-0.39, 0.29) is 0 Å². The molecule has 1 fully saturated rings. The van der Waals surface area contributed by atoms with E-state index < -0.39 is 0 Å². The smallest absolute Gasteiger partial charge is 0.203 e. The van der Waals surface area contributed by atoms with Crippen molar-refractivity contribution in [3.8, 4) is 11.3 Å². The van der Waals surface area contributed by atoms with Crippen LogP contribution < -0.4 is 5.43 Å². The number of thiazole rings is 1. The van der Waals surface area contributed by atoms with Gasteiger partial charge in [0.2, 0.25) is 5.13 Å². The molecule has 3 aromatic rings. The lowest BCUT2D eigenvalue weighted by Gasteiger charge is -2.22. The first-order valence-corrected chi connectivity index (χ1v) is 10.8. The summed E-state index contributed by atoms with van der Waals surface area (Å²) in [6.45, 7) is 0.641. The number of anilines is 1. The van der Waals surface area contributed by atoms with Gasteiger partial charge >= 0.3 is 0 Å². The van der Waals surface area contributed by atoms with E-state index in [1.54, 1.807) is 11.3 Å². The van der Waals surface area contributed by atoms with Gasteiger partial charge in [0.15, 0.2) is 0 Å². The van der Waals surface area contributed by atoms with Crippen LogP contribution in [0.3, 0.4) is 0 Å². The van der Waals surface area contributed by atoms with Crippen molar-refractivity contribution >= 4 is 22.7 Å². The minimum atomic E-state index is 0.406. The Labute approximate surface area is 170 Å². The summed E-state index contributed by atoms with van der Waals surface area (Å²) in [7, 11) is 0. The van der Waals surface area contributed by atoms with Crippen LogP contribution in [-0.2, 0) is 11.3 Å². The third-order valence-electron chi connectivity index (χ3n) is 5.02. The lowest BCUT2D eigenvalue weighted by Crippen LogP contribution is -2.16. The van der Waals surface area contributed by atoms with Gasteiger partial charge in [-0.05, 0) is 18.4 Å². The molecule has 0 spiro atoms. The van der Waals surface area contributed by atoms with E-state index in [0.29, 0.717) is 12.7 Å². The summed E-state index contributed by atoms with van der Waals surface area (Å²) in [6.07, 6.45) is 8.55. The molecule has 0 saturated heterocycles. The predicted octanol–water partition coefficient (Wildman–Crippen LogP) is 6.11. The van der Waals surface area contributed by atoms with Gasteiger partial charge in [-0.15, -0.1) is 11.3 Å². The van der Waals surface area contributed by atoms with Crippen LogP contribution in [0.25, 0.3) is 11.3 Å². The lowest BCUT2D eigenvalue weighted by molar-refractivity contribution is 0.0168. The highest BCUT2D eigenvalue weighted by molar-refractivity contribution is 7.14. The lowest BCUT2D eigenvalue weighted by atomic mass is 9.98. The van der Waals surface area contributed by atoms with Crippen molar-refractivity contribution in [1.29, 1.82) is 0 Å². The van der Waals surface area contributed by atoms with Gasteiger partial charge in [-0.25, -0.2) is 4.98 Å². The Morgan fingerprint density at radius 3 is 2.68 bits per heavy atom. The zero-order chi connectivity index (χ0) is 19.0. The number of nitrogens with zero attached hydrogens (tertiary/aromatic N) is 2. The molecule has 2 aromatic carbocycles. The average molecular weight is 392 g/mol. The highest BCUT2D eigenvalue weighted by atomic mass is 32.1. The molecule has 0 aliphatic heterocycles. The summed E-state index contributed by atoms with van der Waals surface area (Å²) in [4.78, 5) is 4.60. The minimum absolute atomic E-state index is 0.406. The molecule has 4 rings (SSSR count). The van der Waals surface area contributed by atoms with Gasteiger partial charge in [-0.2, -0.15) is 5.10 Å². The molecular formula is C23H25N3OS. The van der Waals surface area contributed by atoms with Crippen LogP contribution in [0.1, 0.15) is 43.2 Å². The van der Waals surface area contributed by atoms with Crippen LogP contribution in [-0.4, -0.2) is 17.3 Å². The summed E-state index contributed by atoms with van der Waals surface area (Å²) < 4.78 is 6.13. The zero-order valence-corrected chi connectivity index (χ0v) is 16.7. The molecule has 0 radical (unpaired) electrons. The fourth-order valence-electron chi connectivity index (χ4n) is 3.45. The highest BCUT2D eigenvalue weighted by Crippen LogP contribution is 2.25. The molecule has 0 bridgehead atoms. The fourth-order valence-corrected chi connectivity index (χ4v) is 4.12. The number of rotatable bonds is 7. The van der Waals surface area contributed by atoms with E-state index in [1.807, 2.05) is 35.9 Å². The third kappa shape index (κ3) is 5.06. The number of ether oxygens (including phenoxy) is 1. The number of benzene rings is 2. The second-order valence-corrected chi connectivity index (χ2v) is 7.90. The number of hydrogen-bond acceptors (Lipinski definition) is 5. The molecule has 1 aromatic heterocycles. The maximum absolute atomic E-state index is 6.13. The van der Waals surface area contributed by atoms with E-state index >= 15 is 0 Å². The van der Waals surface area contributed by atoms with E-state index in [9.17, 15) is 0 Å². The Morgan fingerprint density at radius 1 is 1.04 bits per heavy atom. The first kappa shape index (κ1) is 18.8. The van der Waals surface area contributed by atoms with Crippen molar-refractivity contribution < 1.29 is 4.74 Å². The van der Waals surface area contributed by atoms with E-state index in [4.69, 9.17) is 4.74 Å². The SMILES string of the molecule is C(=NNc1nc(-c2ccccc2)cs1)c1ccccc1COC1CCCCC1. The first-order valence-electron chi connectivity index (χ1n) is 9.88. The van der Waals surface area contributed by atoms with Gasteiger partial charge in [0.25, 0.3) is 0 Å². The predicted molar refractivity (Wildman–Crippen MR) is 117 cm³/mol. The van der Waals surface area contributed by atoms with E-state index in [2.05, 4.69) is 45.8 Å². The average Bonchev–Trinajstić information content (AvgIpc) is 3.23. The van der Waals surface area contributed by atoms with Gasteiger partial charge in [0.05, 0.1) is 24.6 Å². The normalized spacial score (nSPS) is 15.1. The summed E-state index contributed by atoms with van der Waals surface area (Å²) in [5.41, 5.74) is 7.37. The number of hydrazone groups is 1. The van der Waals surface area contributed by atoms with E-state index in [0.717, 1.165) is 22.0 Å². The Balaban J connectivity index is 1.36. The van der Waals surface area contributed by atoms with Gasteiger partial charge in [0, 0.05) is 16.5 Å². The van der Waals surface area contributed by atoms with Crippen LogP contribution in [0.15, 0.2) is 65.1 Å². The van der Waals surface area contributed by atoms with Crippen LogP contribution in [0, 0.1) is 0 Å². The van der Waals surface area contributed by atoms with E-state index in [1.165, 1.54) is 37.7 Å². The first-order chi connectivity index (χ1) is 13.9. The monoisotopic (exact) mass is 391 g/mol. The summed E-state index contributed by atoms with van der Waals surface area (Å²) in [5, 5.41) is 7.22. The van der Waals surface area contributed by atoms with Crippen molar-refractivity contribution in [2.75, 3.05) is 5.43 Å². The third-order valence-corrected chi connectivity index (χ3v) is 5.77. The Bertz CT molecular complexity index is 901. The molecule has 1 aliphatic rings. The number of nitrogens with one attached hydrogen (secondary N) is 1. The van der Waals surface area contributed by atoms with Crippen molar-refractivity contribution in [1.82, 2.24) is 4.98 Å². The maximum Gasteiger partial charge on any atom is 0.203 e. The van der Waals surface area contributed by atoms with Crippen molar-refractivity contribution in [2.24, 2.45) is 5.10 Å². The Kier molecular flexibility index (Phi) is 6.48. The number of hydrogen-bond donors (Lipinski definition) is 1. The Morgan fingerprint density at radius 2 is 1.82 bits per heavy atom. The van der Waals surface area contributed by atoms with Gasteiger partial charge in [0.1, 0.15) is 0 Å². The second kappa shape index (κ2) is 9.62. The molecule has 1 aliphatic carbocycles. The standard InChI is InChI=1S/C23H25N3OS/c1-3-9-18(10-4-1)22-17-28-23(25-22)26-24-15-19-11-7-8-12-20(19)16-27-21-13-5-2-6-14-21/h1,3-4,7-12,15,17,21H,2,5-6,13-14,16H2,(H,25,26). The second-order valence-electron chi connectivity index (χ2n) is 7.04. The highest BCUT2D eigenvalue weighted by Gasteiger charge is 2.14. The molecule has 0 atom stereocenters. The molecule has 144 valence electrons.